The normalized spacial score (nSPS) is 13.5. The van der Waals surface area contributed by atoms with Crippen LogP contribution < -0.4 is 0 Å². The molecular formula is C8H13NOS. The van der Waals surface area contributed by atoms with Crippen molar-refractivity contribution < 1.29 is 5.11 Å². The van der Waals surface area contributed by atoms with Crippen LogP contribution in [0.5, 0.6) is 0 Å². The second-order valence-corrected chi connectivity index (χ2v) is 3.70. The number of aromatic nitrogens is 1. The molecule has 11 heavy (non-hydrogen) atoms. The van der Waals surface area contributed by atoms with E-state index >= 15 is 0 Å². The minimum absolute atomic E-state index is 0.368. The van der Waals surface area contributed by atoms with E-state index in [1.807, 2.05) is 6.92 Å². The Hall–Kier alpha value is -0.410. The number of nitrogens with zero attached hydrogens (tertiary/aromatic N) is 1. The number of hydrogen-bond donors (Lipinski definition) is 1. The van der Waals surface area contributed by atoms with Gasteiger partial charge in [0, 0.05) is 0 Å². The first-order valence-corrected chi connectivity index (χ1v) is 4.61. The first-order valence-electron chi connectivity index (χ1n) is 3.79. The molecule has 3 heteroatoms. The maximum Gasteiger partial charge on any atom is 0.0929 e. The molecule has 62 valence electrons. The summed E-state index contributed by atoms with van der Waals surface area (Å²) in [6.07, 6.45) is 0.589. The van der Waals surface area contributed by atoms with E-state index in [9.17, 15) is 5.11 Å². The average molecular weight is 171 g/mol. The first-order chi connectivity index (χ1) is 5.15. The van der Waals surface area contributed by atoms with Crippen molar-refractivity contribution in [2.45, 2.75) is 33.3 Å². The van der Waals surface area contributed by atoms with Gasteiger partial charge in [-0.25, -0.2) is 4.98 Å². The summed E-state index contributed by atoms with van der Waals surface area (Å²) in [7, 11) is 0. The van der Waals surface area contributed by atoms with Crippen LogP contribution in [0.1, 0.15) is 35.5 Å². The first kappa shape index (κ1) is 8.68. The van der Waals surface area contributed by atoms with Gasteiger partial charge in [-0.05, 0) is 20.3 Å². The second-order valence-electron chi connectivity index (χ2n) is 2.59. The molecule has 0 saturated carbocycles. The van der Waals surface area contributed by atoms with E-state index in [0.717, 1.165) is 22.0 Å². The smallest absolute Gasteiger partial charge is 0.0929 e. The van der Waals surface area contributed by atoms with Gasteiger partial charge in [-0.3, -0.25) is 0 Å². The molecule has 1 aromatic rings. The predicted molar refractivity (Wildman–Crippen MR) is 46.9 cm³/mol. The molecule has 0 aliphatic heterocycles. The second kappa shape index (κ2) is 3.32. The lowest BCUT2D eigenvalue weighted by molar-refractivity contribution is 0.202. The van der Waals surface area contributed by atoms with Crippen molar-refractivity contribution in [1.29, 1.82) is 0 Å². The Kier molecular flexibility index (Phi) is 2.62. The highest BCUT2D eigenvalue weighted by Gasteiger charge is 2.10. The Labute approximate surface area is 70.9 Å². The van der Waals surface area contributed by atoms with E-state index < -0.39 is 0 Å². The third kappa shape index (κ3) is 1.79. The number of rotatable bonds is 2. The summed E-state index contributed by atoms with van der Waals surface area (Å²) in [6, 6.07) is 0. The van der Waals surface area contributed by atoms with Gasteiger partial charge in [0.05, 0.1) is 21.7 Å². The Morgan fingerprint density at radius 3 is 2.55 bits per heavy atom. The summed E-state index contributed by atoms with van der Waals surface area (Å²) >= 11 is 1.61. The van der Waals surface area contributed by atoms with Crippen LogP contribution >= 0.6 is 11.3 Å². The van der Waals surface area contributed by atoms with E-state index in [-0.39, 0.29) is 6.10 Å². The molecule has 0 aliphatic carbocycles. The van der Waals surface area contributed by atoms with E-state index in [1.165, 1.54) is 0 Å². The number of aliphatic hydroxyl groups is 1. The van der Waals surface area contributed by atoms with Gasteiger partial charge < -0.3 is 5.11 Å². The fraction of sp³-hybridized carbons (Fsp3) is 0.625. The monoisotopic (exact) mass is 171 g/mol. The molecule has 0 unspecified atom stereocenters. The molecule has 1 atom stereocenters. The van der Waals surface area contributed by atoms with Crippen LogP contribution in [0.2, 0.25) is 0 Å². The third-order valence-corrected chi connectivity index (χ3v) is 3.03. The van der Waals surface area contributed by atoms with Crippen LogP contribution in [0.3, 0.4) is 0 Å². The number of hydrogen-bond acceptors (Lipinski definition) is 3. The van der Waals surface area contributed by atoms with Gasteiger partial charge in [0.25, 0.3) is 0 Å². The Morgan fingerprint density at radius 1 is 1.64 bits per heavy atom. The standard InChI is InChI=1S/C8H13NOS/c1-4-7-9-5(2)8(11-7)6(3)10/h6,10H,4H2,1-3H3/t6-/m0/s1. The summed E-state index contributed by atoms with van der Waals surface area (Å²) in [5.41, 5.74) is 0.974. The highest BCUT2D eigenvalue weighted by atomic mass is 32.1. The van der Waals surface area contributed by atoms with Crippen molar-refractivity contribution in [3.05, 3.63) is 15.6 Å². The molecule has 2 nitrogen and oxygen atoms in total. The lowest BCUT2D eigenvalue weighted by Crippen LogP contribution is -1.88. The lowest BCUT2D eigenvalue weighted by Gasteiger charge is -1.98. The molecule has 1 heterocycles. The SMILES string of the molecule is CCc1nc(C)c([C@H](C)O)s1. The summed E-state index contributed by atoms with van der Waals surface area (Å²) in [4.78, 5) is 5.31. The quantitative estimate of drug-likeness (QED) is 0.739. The predicted octanol–water partition coefficient (Wildman–Crippen LogP) is 2.07. The third-order valence-electron chi connectivity index (χ3n) is 1.56. The van der Waals surface area contributed by atoms with Crippen molar-refractivity contribution in [1.82, 2.24) is 4.98 Å². The summed E-state index contributed by atoms with van der Waals surface area (Å²) < 4.78 is 0. The molecule has 0 spiro atoms. The topological polar surface area (TPSA) is 33.1 Å². The van der Waals surface area contributed by atoms with Crippen LogP contribution in [0, 0.1) is 6.92 Å². The van der Waals surface area contributed by atoms with Crippen molar-refractivity contribution in [3.8, 4) is 0 Å². The van der Waals surface area contributed by atoms with Gasteiger partial charge in [0.1, 0.15) is 0 Å². The maximum absolute atomic E-state index is 9.28. The van der Waals surface area contributed by atoms with Crippen LogP contribution in [0.4, 0.5) is 0 Å². The molecule has 0 amide bonds. The summed E-state index contributed by atoms with van der Waals surface area (Å²) in [5.74, 6) is 0. The van der Waals surface area contributed by atoms with Crippen molar-refractivity contribution in [2.24, 2.45) is 0 Å². The fourth-order valence-corrected chi connectivity index (χ4v) is 1.95. The number of thiazole rings is 1. The van der Waals surface area contributed by atoms with Crippen LogP contribution in [0.15, 0.2) is 0 Å². The van der Waals surface area contributed by atoms with Crippen LogP contribution in [-0.4, -0.2) is 10.1 Å². The molecule has 0 bridgehead atoms. The molecule has 0 aliphatic rings. The number of aryl methyl sites for hydroxylation is 2. The van der Waals surface area contributed by atoms with Crippen molar-refractivity contribution in [3.63, 3.8) is 0 Å². The lowest BCUT2D eigenvalue weighted by atomic mass is 10.3. The van der Waals surface area contributed by atoms with Crippen LogP contribution in [0.25, 0.3) is 0 Å². The van der Waals surface area contributed by atoms with Gasteiger partial charge in [0.15, 0.2) is 0 Å². The molecule has 0 aromatic carbocycles. The van der Waals surface area contributed by atoms with E-state index in [1.54, 1.807) is 18.3 Å². The molecule has 0 radical (unpaired) electrons. The molecule has 1 rings (SSSR count). The molecular weight excluding hydrogens is 158 g/mol. The van der Waals surface area contributed by atoms with Crippen molar-refractivity contribution >= 4 is 11.3 Å². The van der Waals surface area contributed by atoms with Gasteiger partial charge in [0.2, 0.25) is 0 Å². The van der Waals surface area contributed by atoms with Crippen molar-refractivity contribution in [2.75, 3.05) is 0 Å². The zero-order chi connectivity index (χ0) is 8.43. The Morgan fingerprint density at radius 2 is 2.27 bits per heavy atom. The number of aliphatic hydroxyl groups excluding tert-OH is 1. The highest BCUT2D eigenvalue weighted by molar-refractivity contribution is 7.11. The molecule has 1 aromatic heterocycles. The molecule has 0 fully saturated rings. The van der Waals surface area contributed by atoms with Gasteiger partial charge in [-0.1, -0.05) is 6.92 Å². The summed E-state index contributed by atoms with van der Waals surface area (Å²) in [6.45, 7) is 5.79. The Balaban J connectivity index is 2.97. The van der Waals surface area contributed by atoms with Gasteiger partial charge >= 0.3 is 0 Å². The Bertz CT molecular complexity index is 242. The fourth-order valence-electron chi connectivity index (χ4n) is 1.00. The molecule has 1 N–H and O–H groups in total. The minimum atomic E-state index is -0.368. The minimum Gasteiger partial charge on any atom is -0.388 e. The average Bonchev–Trinajstić information content (AvgIpc) is 2.30. The van der Waals surface area contributed by atoms with Gasteiger partial charge in [-0.15, -0.1) is 11.3 Å². The van der Waals surface area contributed by atoms with Gasteiger partial charge in [-0.2, -0.15) is 0 Å². The van der Waals surface area contributed by atoms with E-state index in [4.69, 9.17) is 0 Å². The highest BCUT2D eigenvalue weighted by Crippen LogP contribution is 2.24. The molecule has 0 saturated heterocycles. The maximum atomic E-state index is 9.28. The van der Waals surface area contributed by atoms with E-state index in [0.29, 0.717) is 0 Å². The van der Waals surface area contributed by atoms with E-state index in [2.05, 4.69) is 11.9 Å². The largest absolute Gasteiger partial charge is 0.388 e. The van der Waals surface area contributed by atoms with Crippen LogP contribution in [-0.2, 0) is 6.42 Å². The zero-order valence-electron chi connectivity index (χ0n) is 7.09. The zero-order valence-corrected chi connectivity index (χ0v) is 7.90. The summed E-state index contributed by atoms with van der Waals surface area (Å²) in [5, 5.41) is 10.4.